The van der Waals surface area contributed by atoms with E-state index < -0.39 is 11.9 Å². The van der Waals surface area contributed by atoms with Crippen LogP contribution in [0.5, 0.6) is 0 Å². The molecule has 0 bridgehead atoms. The van der Waals surface area contributed by atoms with Crippen LogP contribution in [0.3, 0.4) is 0 Å². The molecule has 0 radical (unpaired) electrons. The summed E-state index contributed by atoms with van der Waals surface area (Å²) in [6.45, 7) is 0. The van der Waals surface area contributed by atoms with Gasteiger partial charge in [-0.15, -0.1) is 0 Å². The third kappa shape index (κ3) is 3.84. The molecule has 0 saturated carbocycles. The van der Waals surface area contributed by atoms with E-state index in [9.17, 15) is 9.59 Å². The summed E-state index contributed by atoms with van der Waals surface area (Å²) in [4.78, 5) is 23.0. The average molecular weight is 337 g/mol. The van der Waals surface area contributed by atoms with Crippen LogP contribution in [-0.4, -0.2) is 23.2 Å². The molecule has 0 atom stereocenters. The summed E-state index contributed by atoms with van der Waals surface area (Å²) in [7, 11) is 0. The molecule has 0 unspecified atom stereocenters. The van der Waals surface area contributed by atoms with Crippen LogP contribution in [0.1, 0.15) is 26.3 Å². The standard InChI is InChI=1S/C15H10Cl2N2O3/c16-10-5-6-12(13(17)7-10)14(20)19-18-8-9-3-1-2-4-11(9)15(21)22/h1-8H,(H,19,20)(H,21,22)/b18-8+. The number of hydrazone groups is 1. The fraction of sp³-hybridized carbons (Fsp3) is 0. The van der Waals surface area contributed by atoms with Gasteiger partial charge in [-0.1, -0.05) is 41.4 Å². The summed E-state index contributed by atoms with van der Waals surface area (Å²) in [6.07, 6.45) is 1.26. The summed E-state index contributed by atoms with van der Waals surface area (Å²) in [5.41, 5.74) is 2.96. The van der Waals surface area contributed by atoms with Crippen LogP contribution in [-0.2, 0) is 0 Å². The zero-order chi connectivity index (χ0) is 16.1. The molecule has 2 rings (SSSR count). The number of halogens is 2. The van der Waals surface area contributed by atoms with Gasteiger partial charge in [-0.05, 0) is 24.3 Å². The number of carboxylic acids is 1. The SMILES string of the molecule is O=C(N/N=C/c1ccccc1C(=O)O)c1ccc(Cl)cc1Cl. The largest absolute Gasteiger partial charge is 0.478 e. The minimum absolute atomic E-state index is 0.0880. The Morgan fingerprint density at radius 3 is 2.50 bits per heavy atom. The Hall–Kier alpha value is -2.37. The molecular formula is C15H10Cl2N2O3. The summed E-state index contributed by atoms with van der Waals surface area (Å²) in [5.74, 6) is -1.60. The molecule has 22 heavy (non-hydrogen) atoms. The molecule has 2 N–H and O–H groups in total. The van der Waals surface area contributed by atoms with Gasteiger partial charge >= 0.3 is 5.97 Å². The van der Waals surface area contributed by atoms with E-state index in [1.165, 1.54) is 30.5 Å². The van der Waals surface area contributed by atoms with Crippen LogP contribution in [0.4, 0.5) is 0 Å². The van der Waals surface area contributed by atoms with Crippen LogP contribution in [0.2, 0.25) is 10.0 Å². The van der Waals surface area contributed by atoms with Crippen molar-refractivity contribution in [2.24, 2.45) is 5.10 Å². The predicted octanol–water partition coefficient (Wildman–Crippen LogP) is 3.46. The Morgan fingerprint density at radius 2 is 1.82 bits per heavy atom. The Kier molecular flexibility index (Phi) is 5.14. The predicted molar refractivity (Wildman–Crippen MR) is 84.9 cm³/mol. The van der Waals surface area contributed by atoms with Gasteiger partial charge in [0, 0.05) is 10.6 Å². The van der Waals surface area contributed by atoms with Crippen molar-refractivity contribution in [3.8, 4) is 0 Å². The molecule has 0 saturated heterocycles. The first kappa shape index (κ1) is 16.0. The zero-order valence-electron chi connectivity index (χ0n) is 11.1. The molecule has 0 aromatic heterocycles. The van der Waals surface area contributed by atoms with Gasteiger partial charge in [-0.3, -0.25) is 4.79 Å². The highest BCUT2D eigenvalue weighted by atomic mass is 35.5. The molecule has 0 fully saturated rings. The minimum atomic E-state index is -1.07. The minimum Gasteiger partial charge on any atom is -0.478 e. The monoisotopic (exact) mass is 336 g/mol. The normalized spacial score (nSPS) is 10.6. The summed E-state index contributed by atoms with van der Waals surface area (Å²) in [6, 6.07) is 10.8. The fourth-order valence-corrected chi connectivity index (χ4v) is 2.19. The number of rotatable bonds is 4. The molecule has 0 aliphatic rings. The highest BCUT2D eigenvalue weighted by Crippen LogP contribution is 2.20. The van der Waals surface area contributed by atoms with E-state index in [-0.39, 0.29) is 16.1 Å². The maximum Gasteiger partial charge on any atom is 0.336 e. The smallest absolute Gasteiger partial charge is 0.336 e. The van der Waals surface area contributed by atoms with Gasteiger partial charge in [-0.25, -0.2) is 10.2 Å². The quantitative estimate of drug-likeness (QED) is 0.662. The number of benzene rings is 2. The second-order valence-electron chi connectivity index (χ2n) is 4.22. The van der Waals surface area contributed by atoms with E-state index in [1.807, 2.05) is 0 Å². The Labute approximate surface area is 136 Å². The highest BCUT2D eigenvalue weighted by Gasteiger charge is 2.10. The Bertz CT molecular complexity index is 760. The van der Waals surface area contributed by atoms with Gasteiger partial charge in [0.05, 0.1) is 22.4 Å². The molecule has 0 heterocycles. The lowest BCUT2D eigenvalue weighted by Crippen LogP contribution is -2.18. The van der Waals surface area contributed by atoms with Crippen LogP contribution in [0.25, 0.3) is 0 Å². The van der Waals surface area contributed by atoms with Crippen molar-refractivity contribution in [3.63, 3.8) is 0 Å². The summed E-state index contributed by atoms with van der Waals surface area (Å²) >= 11 is 11.7. The average Bonchev–Trinajstić information content (AvgIpc) is 2.47. The lowest BCUT2D eigenvalue weighted by atomic mass is 10.1. The van der Waals surface area contributed by atoms with Gasteiger partial charge in [0.25, 0.3) is 5.91 Å². The highest BCUT2D eigenvalue weighted by molar-refractivity contribution is 6.36. The topological polar surface area (TPSA) is 78.8 Å². The maximum atomic E-state index is 11.9. The molecule has 1 amide bonds. The van der Waals surface area contributed by atoms with Gasteiger partial charge in [-0.2, -0.15) is 5.10 Å². The number of hydrogen-bond donors (Lipinski definition) is 2. The van der Waals surface area contributed by atoms with E-state index in [4.69, 9.17) is 28.3 Å². The number of nitrogens with one attached hydrogen (secondary N) is 1. The van der Waals surface area contributed by atoms with E-state index in [1.54, 1.807) is 18.2 Å². The third-order valence-electron chi connectivity index (χ3n) is 2.74. The molecule has 7 heteroatoms. The lowest BCUT2D eigenvalue weighted by molar-refractivity contribution is 0.0696. The van der Waals surface area contributed by atoms with Crippen LogP contribution >= 0.6 is 23.2 Å². The summed E-state index contributed by atoms with van der Waals surface area (Å²) < 4.78 is 0. The van der Waals surface area contributed by atoms with E-state index in [0.29, 0.717) is 10.6 Å². The molecule has 112 valence electrons. The molecule has 5 nitrogen and oxygen atoms in total. The van der Waals surface area contributed by atoms with Gasteiger partial charge in [0.2, 0.25) is 0 Å². The summed E-state index contributed by atoms with van der Waals surface area (Å²) in [5, 5.41) is 13.4. The number of carbonyl (C=O) groups is 2. The van der Waals surface area contributed by atoms with Gasteiger partial charge in [0.15, 0.2) is 0 Å². The first-order chi connectivity index (χ1) is 10.5. The Morgan fingerprint density at radius 1 is 1.09 bits per heavy atom. The Balaban J connectivity index is 2.13. The van der Waals surface area contributed by atoms with Crippen molar-refractivity contribution in [3.05, 3.63) is 69.2 Å². The first-order valence-electron chi connectivity index (χ1n) is 6.10. The van der Waals surface area contributed by atoms with E-state index in [0.717, 1.165) is 0 Å². The third-order valence-corrected chi connectivity index (χ3v) is 3.28. The number of nitrogens with zero attached hydrogens (tertiary/aromatic N) is 1. The molecule has 0 aliphatic heterocycles. The zero-order valence-corrected chi connectivity index (χ0v) is 12.6. The van der Waals surface area contributed by atoms with Gasteiger partial charge in [0.1, 0.15) is 0 Å². The molecular weight excluding hydrogens is 327 g/mol. The van der Waals surface area contributed by atoms with Crippen LogP contribution in [0.15, 0.2) is 47.6 Å². The number of hydrogen-bond acceptors (Lipinski definition) is 3. The maximum absolute atomic E-state index is 11.9. The molecule has 2 aromatic carbocycles. The second-order valence-corrected chi connectivity index (χ2v) is 5.06. The van der Waals surface area contributed by atoms with Crippen molar-refractivity contribution >= 4 is 41.3 Å². The number of aromatic carboxylic acids is 1. The van der Waals surface area contributed by atoms with Crippen molar-refractivity contribution in [1.29, 1.82) is 0 Å². The lowest BCUT2D eigenvalue weighted by Gasteiger charge is -2.03. The van der Waals surface area contributed by atoms with E-state index >= 15 is 0 Å². The van der Waals surface area contributed by atoms with Crippen molar-refractivity contribution in [1.82, 2.24) is 5.43 Å². The molecule has 0 spiro atoms. The fourth-order valence-electron chi connectivity index (χ4n) is 1.70. The number of carbonyl (C=O) groups excluding carboxylic acids is 1. The molecule has 2 aromatic rings. The number of carboxylic acid groups (broad SMARTS) is 1. The van der Waals surface area contributed by atoms with Crippen LogP contribution in [0, 0.1) is 0 Å². The van der Waals surface area contributed by atoms with Crippen molar-refractivity contribution < 1.29 is 14.7 Å². The van der Waals surface area contributed by atoms with Gasteiger partial charge < -0.3 is 5.11 Å². The van der Waals surface area contributed by atoms with E-state index in [2.05, 4.69) is 10.5 Å². The van der Waals surface area contributed by atoms with Crippen molar-refractivity contribution in [2.75, 3.05) is 0 Å². The number of amides is 1. The molecule has 0 aliphatic carbocycles. The van der Waals surface area contributed by atoms with Crippen LogP contribution < -0.4 is 5.43 Å². The van der Waals surface area contributed by atoms with Crippen molar-refractivity contribution in [2.45, 2.75) is 0 Å². The second kappa shape index (κ2) is 7.06. The first-order valence-corrected chi connectivity index (χ1v) is 6.85.